The normalized spacial score (nSPS) is 22.0. The van der Waals surface area contributed by atoms with Crippen LogP contribution in [0.5, 0.6) is 0 Å². The number of rotatable bonds is 7. The molecule has 1 aliphatic heterocycles. The molecule has 5 nitrogen and oxygen atoms in total. The third-order valence-electron chi connectivity index (χ3n) is 3.66. The Kier molecular flexibility index (Phi) is 6.20. The summed E-state index contributed by atoms with van der Waals surface area (Å²) < 4.78 is 0. The lowest BCUT2D eigenvalue weighted by molar-refractivity contribution is -0.129. The maximum Gasteiger partial charge on any atom is 0.225 e. The van der Waals surface area contributed by atoms with Crippen molar-refractivity contribution in [3.8, 4) is 0 Å². The van der Waals surface area contributed by atoms with Gasteiger partial charge < -0.3 is 15.3 Å². The predicted molar refractivity (Wildman–Crippen MR) is 82.6 cm³/mol. The predicted octanol–water partition coefficient (Wildman–Crippen LogP) is 1.40. The third kappa shape index (κ3) is 6.04. The molecule has 0 aliphatic carbocycles. The molecule has 0 radical (unpaired) electrons. The lowest BCUT2D eigenvalue weighted by atomic mass is 9.94. The first-order valence-corrected chi connectivity index (χ1v) is 7.88. The molecule has 1 saturated heterocycles. The van der Waals surface area contributed by atoms with Gasteiger partial charge >= 0.3 is 0 Å². The molecular formula is C16H30N2O3. The topological polar surface area (TPSA) is 69.6 Å². The first kappa shape index (κ1) is 18.0. The summed E-state index contributed by atoms with van der Waals surface area (Å²) in [7, 11) is 0. The summed E-state index contributed by atoms with van der Waals surface area (Å²) in [6, 6.07) is 0. The Morgan fingerprint density at radius 2 is 2.00 bits per heavy atom. The van der Waals surface area contributed by atoms with E-state index < -0.39 is 5.60 Å². The minimum absolute atomic E-state index is 0.0535. The van der Waals surface area contributed by atoms with E-state index >= 15 is 0 Å². The van der Waals surface area contributed by atoms with Crippen molar-refractivity contribution in [2.75, 3.05) is 19.6 Å². The first-order valence-electron chi connectivity index (χ1n) is 7.88. The minimum atomic E-state index is -0.899. The van der Waals surface area contributed by atoms with E-state index in [9.17, 15) is 14.7 Å². The second-order valence-corrected chi connectivity index (χ2v) is 7.41. The quantitative estimate of drug-likeness (QED) is 0.746. The van der Waals surface area contributed by atoms with Gasteiger partial charge in [0.05, 0.1) is 11.5 Å². The van der Waals surface area contributed by atoms with Crippen LogP contribution in [0.25, 0.3) is 0 Å². The Bertz CT molecular complexity index is 378. The SMILES string of the molecule is CC(C)CN1CC(C(=O)NCC(C)(O)CC(C)C)CC1=O. The molecule has 2 N–H and O–H groups in total. The van der Waals surface area contributed by atoms with Crippen molar-refractivity contribution in [2.45, 2.75) is 53.1 Å². The van der Waals surface area contributed by atoms with E-state index in [1.165, 1.54) is 0 Å². The number of aliphatic hydroxyl groups is 1. The summed E-state index contributed by atoms with van der Waals surface area (Å²) in [6.45, 7) is 11.4. The number of carbonyl (C=O) groups is 2. The average Bonchev–Trinajstić information content (AvgIpc) is 2.65. The fraction of sp³-hybridized carbons (Fsp3) is 0.875. The highest BCUT2D eigenvalue weighted by Gasteiger charge is 2.35. The molecule has 1 heterocycles. The van der Waals surface area contributed by atoms with E-state index in [1.807, 2.05) is 13.8 Å². The molecule has 2 unspecified atom stereocenters. The van der Waals surface area contributed by atoms with Crippen molar-refractivity contribution >= 4 is 11.8 Å². The van der Waals surface area contributed by atoms with Crippen LogP contribution in [0, 0.1) is 17.8 Å². The number of carbonyl (C=O) groups excluding carboxylic acids is 2. The number of amides is 2. The van der Waals surface area contributed by atoms with Gasteiger partial charge in [-0.1, -0.05) is 27.7 Å². The van der Waals surface area contributed by atoms with Crippen molar-refractivity contribution in [2.24, 2.45) is 17.8 Å². The van der Waals surface area contributed by atoms with Crippen LogP contribution >= 0.6 is 0 Å². The van der Waals surface area contributed by atoms with Crippen molar-refractivity contribution < 1.29 is 14.7 Å². The van der Waals surface area contributed by atoms with Gasteiger partial charge in [0.2, 0.25) is 11.8 Å². The van der Waals surface area contributed by atoms with Gasteiger partial charge in [0.25, 0.3) is 0 Å². The average molecular weight is 298 g/mol. The number of nitrogens with one attached hydrogen (secondary N) is 1. The van der Waals surface area contributed by atoms with Crippen LogP contribution in [0.1, 0.15) is 47.5 Å². The summed E-state index contributed by atoms with van der Waals surface area (Å²) in [6.07, 6.45) is 0.918. The zero-order valence-electron chi connectivity index (χ0n) is 14.0. The second-order valence-electron chi connectivity index (χ2n) is 7.41. The zero-order chi connectivity index (χ0) is 16.2. The van der Waals surface area contributed by atoms with Gasteiger partial charge in [0, 0.05) is 26.1 Å². The molecule has 5 heteroatoms. The summed E-state index contributed by atoms with van der Waals surface area (Å²) >= 11 is 0. The molecule has 0 bridgehead atoms. The molecule has 1 fully saturated rings. The van der Waals surface area contributed by atoms with Gasteiger partial charge in [0.1, 0.15) is 0 Å². The molecule has 0 saturated carbocycles. The Hall–Kier alpha value is -1.10. The fourth-order valence-corrected chi connectivity index (χ4v) is 2.94. The lowest BCUT2D eigenvalue weighted by Gasteiger charge is -2.26. The number of likely N-dealkylation sites (tertiary alicyclic amines) is 1. The zero-order valence-corrected chi connectivity index (χ0v) is 14.0. The lowest BCUT2D eigenvalue weighted by Crippen LogP contribution is -2.44. The van der Waals surface area contributed by atoms with Gasteiger partial charge in [-0.2, -0.15) is 0 Å². The Morgan fingerprint density at radius 1 is 1.38 bits per heavy atom. The van der Waals surface area contributed by atoms with Crippen LogP contribution in [0.2, 0.25) is 0 Å². The Morgan fingerprint density at radius 3 is 2.52 bits per heavy atom. The molecule has 21 heavy (non-hydrogen) atoms. The van der Waals surface area contributed by atoms with E-state index in [2.05, 4.69) is 19.2 Å². The standard InChI is InChI=1S/C16H30N2O3/c1-11(2)7-16(5,21)10-17-15(20)13-6-14(19)18(9-13)8-12(3)4/h11-13,21H,6-10H2,1-5H3,(H,17,20). The van der Waals surface area contributed by atoms with E-state index in [0.29, 0.717) is 31.3 Å². The molecule has 0 spiro atoms. The highest BCUT2D eigenvalue weighted by molar-refractivity contribution is 5.89. The van der Waals surface area contributed by atoms with Crippen LogP contribution in [0.4, 0.5) is 0 Å². The molecule has 0 aromatic carbocycles. The van der Waals surface area contributed by atoms with E-state index in [4.69, 9.17) is 0 Å². The van der Waals surface area contributed by atoms with Gasteiger partial charge in [-0.25, -0.2) is 0 Å². The van der Waals surface area contributed by atoms with Crippen LogP contribution in [0.3, 0.4) is 0 Å². The Balaban J connectivity index is 2.45. The summed E-state index contributed by atoms with van der Waals surface area (Å²) in [5.74, 6) is 0.413. The van der Waals surface area contributed by atoms with Gasteiger partial charge in [-0.15, -0.1) is 0 Å². The summed E-state index contributed by atoms with van der Waals surface area (Å²) in [4.78, 5) is 25.8. The van der Waals surface area contributed by atoms with Crippen LogP contribution in [0.15, 0.2) is 0 Å². The van der Waals surface area contributed by atoms with E-state index in [0.717, 1.165) is 0 Å². The highest BCUT2D eigenvalue weighted by atomic mass is 16.3. The Labute approximate surface area is 128 Å². The molecule has 1 aliphatic rings. The van der Waals surface area contributed by atoms with Crippen molar-refractivity contribution in [1.29, 1.82) is 0 Å². The summed E-state index contributed by atoms with van der Waals surface area (Å²) in [5, 5.41) is 13.0. The highest BCUT2D eigenvalue weighted by Crippen LogP contribution is 2.20. The van der Waals surface area contributed by atoms with Crippen molar-refractivity contribution in [1.82, 2.24) is 10.2 Å². The number of hydrogen-bond acceptors (Lipinski definition) is 3. The van der Waals surface area contributed by atoms with E-state index in [-0.39, 0.29) is 30.7 Å². The third-order valence-corrected chi connectivity index (χ3v) is 3.66. The van der Waals surface area contributed by atoms with Crippen molar-refractivity contribution in [3.05, 3.63) is 0 Å². The van der Waals surface area contributed by atoms with Gasteiger partial charge in [-0.05, 0) is 25.2 Å². The maximum absolute atomic E-state index is 12.2. The molecule has 0 aromatic rings. The second kappa shape index (κ2) is 7.25. The smallest absolute Gasteiger partial charge is 0.225 e. The number of nitrogens with zero attached hydrogens (tertiary/aromatic N) is 1. The van der Waals surface area contributed by atoms with Gasteiger partial charge in [0.15, 0.2) is 0 Å². The molecule has 122 valence electrons. The fourth-order valence-electron chi connectivity index (χ4n) is 2.94. The minimum Gasteiger partial charge on any atom is -0.388 e. The first-order chi connectivity index (χ1) is 9.60. The molecule has 1 rings (SSSR count). The van der Waals surface area contributed by atoms with E-state index in [1.54, 1.807) is 11.8 Å². The molecular weight excluding hydrogens is 268 g/mol. The van der Waals surface area contributed by atoms with Gasteiger partial charge in [-0.3, -0.25) is 9.59 Å². The maximum atomic E-state index is 12.2. The molecule has 2 atom stereocenters. The number of hydrogen-bond donors (Lipinski definition) is 2. The van der Waals surface area contributed by atoms with Crippen LogP contribution < -0.4 is 5.32 Å². The molecule has 2 amide bonds. The molecule has 0 aromatic heterocycles. The van der Waals surface area contributed by atoms with Crippen LogP contribution in [-0.4, -0.2) is 47.1 Å². The monoisotopic (exact) mass is 298 g/mol. The largest absolute Gasteiger partial charge is 0.388 e. The van der Waals surface area contributed by atoms with Crippen LogP contribution in [-0.2, 0) is 9.59 Å². The van der Waals surface area contributed by atoms with Crippen molar-refractivity contribution in [3.63, 3.8) is 0 Å². The summed E-state index contributed by atoms with van der Waals surface area (Å²) in [5.41, 5.74) is -0.899.